The van der Waals surface area contributed by atoms with Gasteiger partial charge in [0.15, 0.2) is 6.61 Å². The summed E-state index contributed by atoms with van der Waals surface area (Å²) in [7, 11) is 0. The first-order valence-corrected chi connectivity index (χ1v) is 10.4. The molecule has 0 saturated carbocycles. The summed E-state index contributed by atoms with van der Waals surface area (Å²) in [4.78, 5) is 17.0. The second kappa shape index (κ2) is 8.20. The molecule has 0 saturated heterocycles. The predicted octanol–water partition coefficient (Wildman–Crippen LogP) is 5.77. The quantitative estimate of drug-likeness (QED) is 0.405. The molecular weight excluding hydrogens is 455 g/mol. The van der Waals surface area contributed by atoms with Crippen molar-refractivity contribution in [2.75, 3.05) is 11.9 Å². The lowest BCUT2D eigenvalue weighted by Crippen LogP contribution is -2.22. The summed E-state index contributed by atoms with van der Waals surface area (Å²) in [5.41, 5.74) is 1.42. The zero-order valence-electron chi connectivity index (χ0n) is 14.9. The molecule has 0 atom stereocenters. The van der Waals surface area contributed by atoms with Crippen LogP contribution in [-0.4, -0.2) is 27.3 Å². The Kier molecular flexibility index (Phi) is 5.65. The van der Waals surface area contributed by atoms with Crippen molar-refractivity contribution in [1.29, 1.82) is 0 Å². The van der Waals surface area contributed by atoms with Crippen LogP contribution in [0.15, 0.2) is 42.5 Å². The second-order valence-corrected chi connectivity index (χ2v) is 8.34. The summed E-state index contributed by atoms with van der Waals surface area (Å²) in [6.45, 7) is 1.60. The lowest BCUT2D eigenvalue weighted by molar-refractivity contribution is -0.118. The Balaban J connectivity index is 1.53. The maximum Gasteiger partial charge on any atom is 0.263 e. The fourth-order valence-corrected chi connectivity index (χ4v) is 4.34. The third-order valence-electron chi connectivity index (χ3n) is 3.89. The summed E-state index contributed by atoms with van der Waals surface area (Å²) in [5, 5.41) is 9.20. The number of thiazole rings is 1. The van der Waals surface area contributed by atoms with Crippen LogP contribution in [0.4, 0.5) is 5.82 Å². The third-order valence-corrected chi connectivity index (χ3v) is 5.72. The molecule has 29 heavy (non-hydrogen) atoms. The molecule has 2 aromatic carbocycles. The number of carbonyl (C=O) groups is 1. The highest BCUT2D eigenvalue weighted by molar-refractivity contribution is 7.20. The number of fused-ring (bicyclic) bond motifs is 1. The number of anilines is 1. The summed E-state index contributed by atoms with van der Waals surface area (Å²) in [5.74, 6) is 0.488. The van der Waals surface area contributed by atoms with E-state index in [2.05, 4.69) is 15.4 Å². The van der Waals surface area contributed by atoms with E-state index in [4.69, 9.17) is 39.5 Å². The summed E-state index contributed by atoms with van der Waals surface area (Å²) in [6.07, 6.45) is 0. The van der Waals surface area contributed by atoms with Gasteiger partial charge in [-0.3, -0.25) is 4.79 Å². The maximum absolute atomic E-state index is 12.4. The minimum Gasteiger partial charge on any atom is -0.482 e. The molecule has 0 aliphatic rings. The molecule has 1 amide bonds. The van der Waals surface area contributed by atoms with Crippen molar-refractivity contribution in [2.24, 2.45) is 0 Å². The van der Waals surface area contributed by atoms with Gasteiger partial charge in [-0.1, -0.05) is 52.2 Å². The topological polar surface area (TPSA) is 69.0 Å². The highest BCUT2D eigenvalue weighted by Crippen LogP contribution is 2.31. The van der Waals surface area contributed by atoms with Crippen molar-refractivity contribution in [1.82, 2.24) is 14.8 Å². The van der Waals surface area contributed by atoms with Crippen molar-refractivity contribution in [3.05, 3.63) is 63.2 Å². The average Bonchev–Trinajstić information content (AvgIpc) is 3.25. The molecular formula is C19H13Cl3N4O2S. The Morgan fingerprint density at radius 3 is 2.76 bits per heavy atom. The van der Waals surface area contributed by atoms with E-state index in [0.29, 0.717) is 37.3 Å². The molecule has 0 unspecified atom stereocenters. The number of para-hydroxylation sites is 1. The first-order valence-electron chi connectivity index (χ1n) is 8.40. The number of nitrogens with one attached hydrogen (secondary N) is 1. The van der Waals surface area contributed by atoms with E-state index in [1.54, 1.807) is 35.0 Å². The highest BCUT2D eigenvalue weighted by Gasteiger charge is 2.16. The fourth-order valence-electron chi connectivity index (χ4n) is 2.64. The van der Waals surface area contributed by atoms with Crippen LogP contribution in [-0.2, 0) is 4.79 Å². The normalized spacial score (nSPS) is 11.0. The van der Waals surface area contributed by atoms with Gasteiger partial charge >= 0.3 is 0 Å². The Labute approximate surface area is 185 Å². The van der Waals surface area contributed by atoms with Gasteiger partial charge in [-0.15, -0.1) is 0 Å². The van der Waals surface area contributed by atoms with E-state index >= 15 is 0 Å². The molecule has 0 aliphatic heterocycles. The van der Waals surface area contributed by atoms with Crippen LogP contribution in [0, 0.1) is 6.92 Å². The molecule has 2 aromatic heterocycles. The summed E-state index contributed by atoms with van der Waals surface area (Å²) >= 11 is 19.6. The highest BCUT2D eigenvalue weighted by atomic mass is 35.5. The smallest absolute Gasteiger partial charge is 0.263 e. The average molecular weight is 468 g/mol. The first kappa shape index (κ1) is 20.0. The van der Waals surface area contributed by atoms with E-state index in [1.807, 2.05) is 19.1 Å². The van der Waals surface area contributed by atoms with Crippen molar-refractivity contribution < 1.29 is 9.53 Å². The predicted molar refractivity (Wildman–Crippen MR) is 117 cm³/mol. The van der Waals surface area contributed by atoms with Crippen LogP contribution in [0.5, 0.6) is 5.75 Å². The number of aromatic nitrogens is 3. The third kappa shape index (κ3) is 4.33. The molecule has 1 N–H and O–H groups in total. The van der Waals surface area contributed by atoms with Crippen LogP contribution < -0.4 is 10.1 Å². The van der Waals surface area contributed by atoms with E-state index in [1.165, 1.54) is 11.3 Å². The summed E-state index contributed by atoms with van der Waals surface area (Å²) in [6, 6.07) is 12.1. The number of carbonyl (C=O) groups excluding carboxylic acids is 1. The molecule has 6 nitrogen and oxygen atoms in total. The van der Waals surface area contributed by atoms with Gasteiger partial charge in [-0.05, 0) is 37.3 Å². The SMILES string of the molecule is Cc1cc(NC(=O)COc2ccc(Cl)cc2Cl)n(-c2nc3c(Cl)cccc3s2)n1. The lowest BCUT2D eigenvalue weighted by atomic mass is 10.3. The minimum atomic E-state index is -0.365. The number of benzene rings is 2. The van der Waals surface area contributed by atoms with Gasteiger partial charge in [0.2, 0.25) is 5.13 Å². The van der Waals surface area contributed by atoms with E-state index in [0.717, 1.165) is 10.4 Å². The number of hydrogen-bond donors (Lipinski definition) is 1. The monoisotopic (exact) mass is 466 g/mol. The van der Waals surface area contributed by atoms with Crippen LogP contribution >= 0.6 is 46.1 Å². The van der Waals surface area contributed by atoms with Gasteiger partial charge < -0.3 is 10.1 Å². The molecule has 2 heterocycles. The van der Waals surface area contributed by atoms with Crippen LogP contribution in [0.3, 0.4) is 0 Å². The van der Waals surface area contributed by atoms with E-state index in [-0.39, 0.29) is 12.5 Å². The van der Waals surface area contributed by atoms with Gasteiger partial charge in [0.25, 0.3) is 5.91 Å². The Hall–Kier alpha value is -2.32. The molecule has 148 valence electrons. The molecule has 0 bridgehead atoms. The zero-order valence-corrected chi connectivity index (χ0v) is 18.0. The number of amides is 1. The van der Waals surface area contributed by atoms with Crippen LogP contribution in [0.25, 0.3) is 15.3 Å². The van der Waals surface area contributed by atoms with Crippen molar-refractivity contribution in [3.63, 3.8) is 0 Å². The van der Waals surface area contributed by atoms with Gasteiger partial charge in [0.1, 0.15) is 17.1 Å². The van der Waals surface area contributed by atoms with Gasteiger partial charge in [0, 0.05) is 11.1 Å². The molecule has 0 aliphatic carbocycles. The molecule has 0 radical (unpaired) electrons. The van der Waals surface area contributed by atoms with Gasteiger partial charge in [-0.2, -0.15) is 9.78 Å². The molecule has 10 heteroatoms. The minimum absolute atomic E-state index is 0.225. The van der Waals surface area contributed by atoms with Gasteiger partial charge in [0.05, 0.1) is 20.4 Å². The molecule has 4 rings (SSSR count). The molecule has 0 spiro atoms. The van der Waals surface area contributed by atoms with Crippen molar-refractivity contribution in [2.45, 2.75) is 6.92 Å². The number of aryl methyl sites for hydroxylation is 1. The van der Waals surface area contributed by atoms with Crippen LogP contribution in [0.2, 0.25) is 15.1 Å². The van der Waals surface area contributed by atoms with Crippen LogP contribution in [0.1, 0.15) is 5.69 Å². The fraction of sp³-hybridized carbons (Fsp3) is 0.105. The number of nitrogens with zero attached hydrogens (tertiary/aromatic N) is 3. The van der Waals surface area contributed by atoms with E-state index < -0.39 is 0 Å². The Morgan fingerprint density at radius 1 is 1.17 bits per heavy atom. The number of ether oxygens (including phenoxy) is 1. The van der Waals surface area contributed by atoms with Gasteiger partial charge in [-0.25, -0.2) is 4.98 Å². The number of halogens is 3. The Bertz CT molecular complexity index is 1220. The van der Waals surface area contributed by atoms with Crippen molar-refractivity contribution >= 4 is 68.1 Å². The Morgan fingerprint density at radius 2 is 2.00 bits per heavy atom. The zero-order chi connectivity index (χ0) is 20.5. The summed E-state index contributed by atoms with van der Waals surface area (Å²) < 4.78 is 7.98. The standard InChI is InChI=1S/C19H13Cl3N4O2S/c1-10-7-16(23-17(27)9-28-14-6-5-11(20)8-13(14)22)26(25-10)19-24-18-12(21)3-2-4-15(18)29-19/h2-8H,9H2,1H3,(H,23,27). The lowest BCUT2D eigenvalue weighted by Gasteiger charge is -2.09. The van der Waals surface area contributed by atoms with E-state index in [9.17, 15) is 4.79 Å². The molecule has 4 aromatic rings. The maximum atomic E-state index is 12.4. The second-order valence-electron chi connectivity index (χ2n) is 6.08. The number of rotatable bonds is 5. The first-order chi connectivity index (χ1) is 13.9. The van der Waals surface area contributed by atoms with Crippen molar-refractivity contribution in [3.8, 4) is 10.9 Å². The largest absolute Gasteiger partial charge is 0.482 e. The number of hydrogen-bond acceptors (Lipinski definition) is 5. The molecule has 0 fully saturated rings.